The fourth-order valence-corrected chi connectivity index (χ4v) is 2.48. The minimum Gasteiger partial charge on any atom is -0.310 e. The molecular formula is C11H11BrN2. The molecule has 0 saturated carbocycles. The van der Waals surface area contributed by atoms with Crippen molar-refractivity contribution in [3.63, 3.8) is 0 Å². The predicted octanol–water partition coefficient (Wildman–Crippen LogP) is 2.75. The van der Waals surface area contributed by atoms with E-state index >= 15 is 0 Å². The summed E-state index contributed by atoms with van der Waals surface area (Å²) < 4.78 is 1.04. The highest BCUT2D eigenvalue weighted by Crippen LogP contribution is 2.29. The zero-order valence-electron chi connectivity index (χ0n) is 7.76. The molecule has 1 aliphatic rings. The van der Waals surface area contributed by atoms with Gasteiger partial charge in [0.15, 0.2) is 0 Å². The summed E-state index contributed by atoms with van der Waals surface area (Å²) in [5.41, 5.74) is 1.97. The SMILES string of the molecule is N#Cc1ccc(C2CCCN2)c(Br)c1. The summed E-state index contributed by atoms with van der Waals surface area (Å²) in [5.74, 6) is 0. The van der Waals surface area contributed by atoms with Crippen molar-refractivity contribution in [1.29, 1.82) is 5.26 Å². The molecule has 1 unspecified atom stereocenters. The van der Waals surface area contributed by atoms with E-state index in [-0.39, 0.29) is 0 Å². The zero-order chi connectivity index (χ0) is 9.97. The smallest absolute Gasteiger partial charge is 0.0992 e. The van der Waals surface area contributed by atoms with Crippen LogP contribution in [0.4, 0.5) is 0 Å². The Hall–Kier alpha value is -0.850. The van der Waals surface area contributed by atoms with Gasteiger partial charge in [-0.05, 0) is 37.1 Å². The van der Waals surface area contributed by atoms with E-state index in [1.807, 2.05) is 18.2 Å². The molecule has 14 heavy (non-hydrogen) atoms. The van der Waals surface area contributed by atoms with Crippen molar-refractivity contribution in [3.8, 4) is 6.07 Å². The van der Waals surface area contributed by atoms with E-state index in [1.165, 1.54) is 18.4 Å². The van der Waals surface area contributed by atoms with Crippen LogP contribution in [0.3, 0.4) is 0 Å². The molecule has 0 aromatic heterocycles. The average Bonchev–Trinajstić information content (AvgIpc) is 2.70. The summed E-state index contributed by atoms with van der Waals surface area (Å²) in [4.78, 5) is 0. The zero-order valence-corrected chi connectivity index (χ0v) is 9.34. The van der Waals surface area contributed by atoms with Crippen molar-refractivity contribution in [2.75, 3.05) is 6.54 Å². The van der Waals surface area contributed by atoms with Crippen LogP contribution in [0.1, 0.15) is 30.0 Å². The molecule has 1 fully saturated rings. The van der Waals surface area contributed by atoms with Gasteiger partial charge in [0.2, 0.25) is 0 Å². The van der Waals surface area contributed by atoms with Crippen LogP contribution in [0.15, 0.2) is 22.7 Å². The molecule has 2 rings (SSSR count). The normalized spacial score (nSPS) is 20.7. The lowest BCUT2D eigenvalue weighted by Gasteiger charge is -2.12. The maximum Gasteiger partial charge on any atom is 0.0992 e. The minimum absolute atomic E-state index is 0.456. The Kier molecular flexibility index (Phi) is 2.85. The van der Waals surface area contributed by atoms with Crippen LogP contribution in [0, 0.1) is 11.3 Å². The third-order valence-electron chi connectivity index (χ3n) is 2.57. The lowest BCUT2D eigenvalue weighted by atomic mass is 10.0. The minimum atomic E-state index is 0.456. The second kappa shape index (κ2) is 4.12. The first kappa shape index (κ1) is 9.70. The van der Waals surface area contributed by atoms with E-state index in [2.05, 4.69) is 27.3 Å². The van der Waals surface area contributed by atoms with Gasteiger partial charge in [0.05, 0.1) is 11.6 Å². The van der Waals surface area contributed by atoms with Crippen LogP contribution >= 0.6 is 15.9 Å². The third-order valence-corrected chi connectivity index (χ3v) is 3.25. The van der Waals surface area contributed by atoms with Gasteiger partial charge < -0.3 is 5.32 Å². The van der Waals surface area contributed by atoms with Gasteiger partial charge in [0.1, 0.15) is 0 Å². The van der Waals surface area contributed by atoms with E-state index < -0.39 is 0 Å². The number of hydrogen-bond acceptors (Lipinski definition) is 2. The quantitative estimate of drug-likeness (QED) is 0.832. The van der Waals surface area contributed by atoms with E-state index in [1.54, 1.807) is 0 Å². The highest BCUT2D eigenvalue weighted by molar-refractivity contribution is 9.10. The van der Waals surface area contributed by atoms with Crippen LogP contribution in [0.25, 0.3) is 0 Å². The van der Waals surface area contributed by atoms with Gasteiger partial charge in [0.25, 0.3) is 0 Å². The van der Waals surface area contributed by atoms with Gasteiger partial charge in [-0.25, -0.2) is 0 Å². The highest BCUT2D eigenvalue weighted by Gasteiger charge is 2.18. The molecule has 0 radical (unpaired) electrons. The summed E-state index contributed by atoms with van der Waals surface area (Å²) in [7, 11) is 0. The Morgan fingerprint density at radius 2 is 2.36 bits per heavy atom. The molecule has 0 amide bonds. The lowest BCUT2D eigenvalue weighted by molar-refractivity contribution is 0.645. The van der Waals surface area contributed by atoms with Crippen molar-refractivity contribution in [3.05, 3.63) is 33.8 Å². The highest BCUT2D eigenvalue weighted by atomic mass is 79.9. The Morgan fingerprint density at radius 1 is 1.50 bits per heavy atom. The monoisotopic (exact) mass is 250 g/mol. The van der Waals surface area contributed by atoms with Crippen molar-refractivity contribution in [2.45, 2.75) is 18.9 Å². The Balaban J connectivity index is 2.30. The molecule has 1 aliphatic heterocycles. The Morgan fingerprint density at radius 3 is 2.93 bits per heavy atom. The molecule has 1 aromatic rings. The molecule has 0 spiro atoms. The van der Waals surface area contributed by atoms with Crippen LogP contribution in [0.5, 0.6) is 0 Å². The Bertz CT molecular complexity index is 375. The first-order valence-corrected chi connectivity index (χ1v) is 5.53. The molecule has 0 aliphatic carbocycles. The summed E-state index contributed by atoms with van der Waals surface area (Å²) >= 11 is 3.51. The van der Waals surface area contributed by atoms with Crippen molar-refractivity contribution < 1.29 is 0 Å². The molecule has 3 heteroatoms. The number of benzene rings is 1. The second-order valence-corrected chi connectivity index (χ2v) is 4.35. The first-order valence-electron chi connectivity index (χ1n) is 4.74. The van der Waals surface area contributed by atoms with Gasteiger partial charge in [-0.15, -0.1) is 0 Å². The van der Waals surface area contributed by atoms with Crippen molar-refractivity contribution in [2.24, 2.45) is 0 Å². The maximum atomic E-state index is 8.73. The van der Waals surface area contributed by atoms with E-state index in [4.69, 9.17) is 5.26 Å². The summed E-state index contributed by atoms with van der Waals surface area (Å²) in [6.07, 6.45) is 2.42. The fourth-order valence-electron chi connectivity index (χ4n) is 1.83. The lowest BCUT2D eigenvalue weighted by Crippen LogP contribution is -2.13. The van der Waals surface area contributed by atoms with E-state index in [0.29, 0.717) is 11.6 Å². The average molecular weight is 251 g/mol. The predicted molar refractivity (Wildman–Crippen MR) is 58.8 cm³/mol. The van der Waals surface area contributed by atoms with Crippen LogP contribution in [0.2, 0.25) is 0 Å². The molecule has 1 saturated heterocycles. The number of nitrogens with zero attached hydrogens (tertiary/aromatic N) is 1. The largest absolute Gasteiger partial charge is 0.310 e. The number of halogens is 1. The van der Waals surface area contributed by atoms with Gasteiger partial charge in [-0.1, -0.05) is 22.0 Å². The van der Waals surface area contributed by atoms with E-state index in [0.717, 1.165) is 11.0 Å². The van der Waals surface area contributed by atoms with Crippen LogP contribution in [-0.2, 0) is 0 Å². The third kappa shape index (κ3) is 1.82. The van der Waals surface area contributed by atoms with E-state index in [9.17, 15) is 0 Å². The van der Waals surface area contributed by atoms with Crippen molar-refractivity contribution in [1.82, 2.24) is 5.32 Å². The molecule has 72 valence electrons. The second-order valence-electron chi connectivity index (χ2n) is 3.50. The summed E-state index contributed by atoms with van der Waals surface area (Å²) in [5, 5.41) is 12.2. The van der Waals surface area contributed by atoms with Gasteiger partial charge in [0, 0.05) is 10.5 Å². The molecule has 1 heterocycles. The summed E-state index contributed by atoms with van der Waals surface area (Å²) in [6.45, 7) is 1.09. The number of nitrogens with one attached hydrogen (secondary N) is 1. The molecule has 0 bridgehead atoms. The standard InChI is InChI=1S/C11H11BrN2/c12-10-6-8(7-13)3-4-9(10)11-2-1-5-14-11/h3-4,6,11,14H,1-2,5H2. The van der Waals surface area contributed by atoms with Gasteiger partial charge in [-0.3, -0.25) is 0 Å². The number of rotatable bonds is 1. The number of hydrogen-bond donors (Lipinski definition) is 1. The fraction of sp³-hybridized carbons (Fsp3) is 0.364. The Labute approximate surface area is 92.1 Å². The molecule has 1 N–H and O–H groups in total. The molecular weight excluding hydrogens is 240 g/mol. The molecule has 2 nitrogen and oxygen atoms in total. The molecule has 1 atom stereocenters. The van der Waals surface area contributed by atoms with Gasteiger partial charge >= 0.3 is 0 Å². The maximum absolute atomic E-state index is 8.73. The number of nitriles is 1. The van der Waals surface area contributed by atoms with Crippen molar-refractivity contribution >= 4 is 15.9 Å². The van der Waals surface area contributed by atoms with Crippen LogP contribution in [-0.4, -0.2) is 6.54 Å². The molecule has 1 aromatic carbocycles. The van der Waals surface area contributed by atoms with Crippen LogP contribution < -0.4 is 5.32 Å². The first-order chi connectivity index (χ1) is 6.81. The van der Waals surface area contributed by atoms with Gasteiger partial charge in [-0.2, -0.15) is 5.26 Å². The topological polar surface area (TPSA) is 35.8 Å². The summed E-state index contributed by atoms with van der Waals surface area (Å²) in [6, 6.07) is 8.38.